The monoisotopic (exact) mass is 298 g/mol. The van der Waals surface area contributed by atoms with Crippen LogP contribution in [0.4, 0.5) is 11.4 Å². The van der Waals surface area contributed by atoms with Crippen LogP contribution in [0.5, 0.6) is 0 Å². The first-order valence-electron chi connectivity index (χ1n) is 6.34. The van der Waals surface area contributed by atoms with E-state index < -0.39 is 10.9 Å². The first kappa shape index (κ1) is 16.9. The Morgan fingerprint density at radius 1 is 1.29 bits per heavy atom. The molecule has 0 aliphatic carbocycles. The predicted octanol–water partition coefficient (Wildman–Crippen LogP) is 1.39. The Labute approximate surface area is 121 Å². The first-order chi connectivity index (χ1) is 10.1. The Morgan fingerprint density at radius 2 is 2.05 bits per heavy atom. The summed E-state index contributed by atoms with van der Waals surface area (Å²) in [6, 6.07) is 3.60. The van der Waals surface area contributed by atoms with Gasteiger partial charge in [0.15, 0.2) is 0 Å². The summed E-state index contributed by atoms with van der Waals surface area (Å²) in [5, 5.41) is 10.6. The number of rotatable bonds is 9. The quantitative estimate of drug-likeness (QED) is 0.241. The van der Waals surface area contributed by atoms with Crippen molar-refractivity contribution in [1.29, 1.82) is 0 Å². The number of nitrogens with zero attached hydrogens (tertiary/aromatic N) is 1. The molecule has 21 heavy (non-hydrogen) atoms. The number of hydrogen-bond donors (Lipinski definition) is 1. The minimum Gasteiger partial charge on any atom is -0.460 e. The lowest BCUT2D eigenvalue weighted by Crippen LogP contribution is -2.13. The van der Waals surface area contributed by atoms with Crippen LogP contribution in [0.25, 0.3) is 0 Å². The van der Waals surface area contributed by atoms with E-state index in [1.54, 1.807) is 7.11 Å². The van der Waals surface area contributed by atoms with E-state index in [0.717, 1.165) is 12.5 Å². The molecule has 0 unspecified atom stereocenters. The van der Waals surface area contributed by atoms with Crippen LogP contribution in [-0.4, -0.2) is 44.4 Å². The van der Waals surface area contributed by atoms with Gasteiger partial charge in [-0.15, -0.1) is 0 Å². The molecule has 1 aromatic rings. The summed E-state index contributed by atoms with van der Waals surface area (Å²) >= 11 is 0. The number of carbonyl (C=O) groups excluding carboxylic acids is 1. The lowest BCUT2D eigenvalue weighted by molar-refractivity contribution is -0.384. The first-order valence-corrected chi connectivity index (χ1v) is 6.34. The lowest BCUT2D eigenvalue weighted by Gasteiger charge is -2.07. The Kier molecular flexibility index (Phi) is 7.13. The number of non-ortho nitro benzene ring substituents is 1. The standard InChI is InChI=1S/C13H18N2O6/c1-19-5-2-6-20-7-8-21-13(16)11-4-3-10(15(17)18)9-12(11)14/h3-4,9H,2,5-8,14H2,1H3. The number of hydrogen-bond acceptors (Lipinski definition) is 7. The molecule has 2 N–H and O–H groups in total. The van der Waals surface area contributed by atoms with E-state index in [-0.39, 0.29) is 30.2 Å². The average Bonchev–Trinajstić information content (AvgIpc) is 2.45. The highest BCUT2D eigenvalue weighted by molar-refractivity contribution is 5.95. The van der Waals surface area contributed by atoms with E-state index in [9.17, 15) is 14.9 Å². The summed E-state index contributed by atoms with van der Waals surface area (Å²) in [6.45, 7) is 1.48. The smallest absolute Gasteiger partial charge is 0.340 e. The number of nitro groups is 1. The third-order valence-electron chi connectivity index (χ3n) is 2.56. The summed E-state index contributed by atoms with van der Waals surface area (Å²) < 4.78 is 15.1. The zero-order chi connectivity index (χ0) is 15.7. The number of carbonyl (C=O) groups is 1. The summed E-state index contributed by atoms with van der Waals surface area (Å²) in [7, 11) is 1.61. The van der Waals surface area contributed by atoms with Gasteiger partial charge in [0.05, 0.1) is 22.8 Å². The van der Waals surface area contributed by atoms with Gasteiger partial charge < -0.3 is 19.9 Å². The molecule has 116 valence electrons. The van der Waals surface area contributed by atoms with Crippen LogP contribution in [0.2, 0.25) is 0 Å². The van der Waals surface area contributed by atoms with Crippen LogP contribution >= 0.6 is 0 Å². The molecule has 1 rings (SSSR count). The number of benzene rings is 1. The normalized spacial score (nSPS) is 10.3. The van der Waals surface area contributed by atoms with Crippen LogP contribution < -0.4 is 5.73 Å². The Balaban J connectivity index is 2.37. The molecule has 0 aromatic heterocycles. The van der Waals surface area contributed by atoms with Gasteiger partial charge in [-0.3, -0.25) is 10.1 Å². The van der Waals surface area contributed by atoms with Gasteiger partial charge >= 0.3 is 5.97 Å². The van der Waals surface area contributed by atoms with Gasteiger partial charge in [-0.05, 0) is 12.5 Å². The zero-order valence-electron chi connectivity index (χ0n) is 11.7. The molecule has 0 heterocycles. The highest BCUT2D eigenvalue weighted by atomic mass is 16.6. The third-order valence-corrected chi connectivity index (χ3v) is 2.56. The molecular formula is C13H18N2O6. The maximum atomic E-state index is 11.7. The Hall–Kier alpha value is -2.19. The predicted molar refractivity (Wildman–Crippen MR) is 75.1 cm³/mol. The van der Waals surface area contributed by atoms with Gasteiger partial charge in [0, 0.05) is 32.5 Å². The second-order valence-corrected chi connectivity index (χ2v) is 4.12. The Morgan fingerprint density at radius 3 is 2.67 bits per heavy atom. The topological polar surface area (TPSA) is 114 Å². The molecule has 1 aromatic carbocycles. The van der Waals surface area contributed by atoms with E-state index in [1.807, 2.05) is 0 Å². The Bertz CT molecular complexity index is 492. The number of nitro benzene ring substituents is 1. The maximum absolute atomic E-state index is 11.7. The molecule has 0 amide bonds. The van der Waals surface area contributed by atoms with Crippen LogP contribution in [0.15, 0.2) is 18.2 Å². The minimum absolute atomic E-state index is 0.00946. The minimum atomic E-state index is -0.636. The average molecular weight is 298 g/mol. The second kappa shape index (κ2) is 8.88. The van der Waals surface area contributed by atoms with Crippen LogP contribution in [0.1, 0.15) is 16.8 Å². The van der Waals surface area contributed by atoms with Gasteiger partial charge in [0.1, 0.15) is 6.61 Å². The summed E-state index contributed by atoms with van der Waals surface area (Å²) in [4.78, 5) is 21.7. The second-order valence-electron chi connectivity index (χ2n) is 4.12. The number of ether oxygens (including phenoxy) is 3. The van der Waals surface area contributed by atoms with E-state index in [1.165, 1.54) is 12.1 Å². The number of nitrogen functional groups attached to an aromatic ring is 1. The molecule has 0 saturated heterocycles. The molecule has 0 aliphatic heterocycles. The van der Waals surface area contributed by atoms with Gasteiger partial charge in [0.2, 0.25) is 0 Å². The molecule has 0 saturated carbocycles. The van der Waals surface area contributed by atoms with E-state index >= 15 is 0 Å². The van der Waals surface area contributed by atoms with Crippen molar-refractivity contribution in [3.63, 3.8) is 0 Å². The van der Waals surface area contributed by atoms with Gasteiger partial charge in [-0.1, -0.05) is 0 Å². The molecule has 0 aliphatic rings. The van der Waals surface area contributed by atoms with Gasteiger partial charge in [0.25, 0.3) is 5.69 Å². The molecular weight excluding hydrogens is 280 g/mol. The van der Waals surface area contributed by atoms with E-state index in [4.69, 9.17) is 19.9 Å². The number of nitrogens with two attached hydrogens (primary N) is 1. The van der Waals surface area contributed by atoms with Crippen molar-refractivity contribution in [2.45, 2.75) is 6.42 Å². The molecule has 8 nitrogen and oxygen atoms in total. The summed E-state index contributed by atoms with van der Waals surface area (Å²) in [5.41, 5.74) is 5.53. The molecule has 0 spiro atoms. The van der Waals surface area contributed by atoms with Crippen LogP contribution in [0.3, 0.4) is 0 Å². The van der Waals surface area contributed by atoms with Crippen molar-refractivity contribution < 1.29 is 23.9 Å². The molecule has 0 atom stereocenters. The fourth-order valence-corrected chi connectivity index (χ4v) is 1.53. The highest BCUT2D eigenvalue weighted by Crippen LogP contribution is 2.20. The van der Waals surface area contributed by atoms with Gasteiger partial charge in [-0.2, -0.15) is 0 Å². The molecule has 8 heteroatoms. The van der Waals surface area contributed by atoms with Crippen LogP contribution in [-0.2, 0) is 14.2 Å². The number of esters is 1. The summed E-state index contributed by atoms with van der Waals surface area (Å²) in [6.07, 6.45) is 0.764. The molecule has 0 fully saturated rings. The van der Waals surface area contributed by atoms with Crippen molar-refractivity contribution in [1.82, 2.24) is 0 Å². The third kappa shape index (κ3) is 5.76. The fraction of sp³-hybridized carbons (Fsp3) is 0.462. The van der Waals surface area contributed by atoms with Crippen molar-refractivity contribution in [3.05, 3.63) is 33.9 Å². The highest BCUT2D eigenvalue weighted by Gasteiger charge is 2.15. The van der Waals surface area contributed by atoms with Crippen molar-refractivity contribution in [2.24, 2.45) is 0 Å². The largest absolute Gasteiger partial charge is 0.460 e. The van der Waals surface area contributed by atoms with Crippen molar-refractivity contribution in [2.75, 3.05) is 39.3 Å². The van der Waals surface area contributed by atoms with E-state index in [2.05, 4.69) is 0 Å². The maximum Gasteiger partial charge on any atom is 0.340 e. The zero-order valence-corrected chi connectivity index (χ0v) is 11.7. The fourth-order valence-electron chi connectivity index (χ4n) is 1.53. The van der Waals surface area contributed by atoms with Gasteiger partial charge in [-0.25, -0.2) is 4.79 Å². The SMILES string of the molecule is COCCCOCCOC(=O)c1ccc([N+](=O)[O-])cc1N. The number of methoxy groups -OCH3 is 1. The summed E-state index contributed by atoms with van der Waals surface area (Å²) in [5.74, 6) is -0.636. The lowest BCUT2D eigenvalue weighted by atomic mass is 10.1. The molecule has 0 radical (unpaired) electrons. The van der Waals surface area contributed by atoms with Crippen molar-refractivity contribution in [3.8, 4) is 0 Å². The molecule has 0 bridgehead atoms. The number of anilines is 1. The van der Waals surface area contributed by atoms with E-state index in [0.29, 0.717) is 13.2 Å². The van der Waals surface area contributed by atoms with Crippen molar-refractivity contribution >= 4 is 17.3 Å². The van der Waals surface area contributed by atoms with Crippen LogP contribution in [0, 0.1) is 10.1 Å².